The molecule has 0 fully saturated rings. The maximum absolute atomic E-state index is 5.87. The Balaban J connectivity index is 2.58. The summed E-state index contributed by atoms with van der Waals surface area (Å²) in [4.78, 5) is 8.11. The summed E-state index contributed by atoms with van der Waals surface area (Å²) in [6.07, 6.45) is 0.987. The minimum Gasteiger partial charge on any atom is -0.341 e. The fourth-order valence-electron chi connectivity index (χ4n) is 1.96. The molecule has 17 heavy (non-hydrogen) atoms. The fourth-order valence-corrected chi connectivity index (χ4v) is 1.96. The maximum Gasteiger partial charge on any atom is 0.114 e. The number of hydrogen-bond acceptors (Lipinski definition) is 2. The van der Waals surface area contributed by atoms with Crippen LogP contribution in [-0.4, -0.2) is 16.5 Å². The van der Waals surface area contributed by atoms with Crippen LogP contribution >= 0.6 is 0 Å². The van der Waals surface area contributed by atoms with Gasteiger partial charge in [-0.15, -0.1) is 0 Å². The van der Waals surface area contributed by atoms with Crippen LogP contribution in [-0.2, 0) is 5.41 Å². The average molecular weight is 231 g/mol. The largest absolute Gasteiger partial charge is 0.341 e. The molecular weight excluding hydrogens is 210 g/mol. The van der Waals surface area contributed by atoms with E-state index in [1.807, 2.05) is 0 Å². The number of aromatic nitrogens is 2. The fraction of sp³-hybridized carbons (Fsp3) is 0.500. The van der Waals surface area contributed by atoms with Crippen molar-refractivity contribution in [1.29, 1.82) is 0 Å². The zero-order valence-electron chi connectivity index (χ0n) is 11.1. The number of aromatic amines is 1. The Hall–Kier alpha value is -1.35. The summed E-state index contributed by atoms with van der Waals surface area (Å²) in [6, 6.07) is 4.30. The molecule has 0 radical (unpaired) electrons. The molecule has 3 nitrogen and oxygen atoms in total. The van der Waals surface area contributed by atoms with Crippen LogP contribution in [0.3, 0.4) is 0 Å². The van der Waals surface area contributed by atoms with Crippen molar-refractivity contribution in [3.63, 3.8) is 0 Å². The van der Waals surface area contributed by atoms with E-state index >= 15 is 0 Å². The second-order valence-corrected chi connectivity index (χ2v) is 5.16. The molecule has 1 heterocycles. The molecule has 1 unspecified atom stereocenters. The number of imidazole rings is 1. The Morgan fingerprint density at radius 1 is 1.29 bits per heavy atom. The molecule has 1 atom stereocenters. The van der Waals surface area contributed by atoms with Crippen molar-refractivity contribution < 1.29 is 0 Å². The zero-order chi connectivity index (χ0) is 12.6. The third-order valence-corrected chi connectivity index (χ3v) is 3.90. The number of nitrogens with one attached hydrogen (secondary N) is 1. The van der Waals surface area contributed by atoms with Crippen molar-refractivity contribution in [3.05, 3.63) is 29.1 Å². The summed E-state index contributed by atoms with van der Waals surface area (Å²) in [5, 5.41) is 0. The Morgan fingerprint density at radius 2 is 1.94 bits per heavy atom. The standard InChI is InChI=1S/C14H21N3/c1-5-14(4,8-15)13-16-11-6-9(2)10(3)7-12(11)17-13/h6-7H,5,8,15H2,1-4H3,(H,16,17). The van der Waals surface area contributed by atoms with Gasteiger partial charge in [0.05, 0.1) is 11.0 Å². The first-order valence-electron chi connectivity index (χ1n) is 6.17. The number of H-pyrrole nitrogens is 1. The zero-order valence-corrected chi connectivity index (χ0v) is 11.1. The van der Waals surface area contributed by atoms with Crippen LogP contribution in [0.2, 0.25) is 0 Å². The van der Waals surface area contributed by atoms with E-state index in [9.17, 15) is 0 Å². The van der Waals surface area contributed by atoms with E-state index in [2.05, 4.69) is 44.8 Å². The molecule has 0 aliphatic carbocycles. The number of benzene rings is 1. The molecule has 0 saturated carbocycles. The molecule has 2 aromatic rings. The highest BCUT2D eigenvalue weighted by atomic mass is 14.9. The number of nitrogens with two attached hydrogens (primary N) is 1. The van der Waals surface area contributed by atoms with Crippen LogP contribution in [0.4, 0.5) is 0 Å². The van der Waals surface area contributed by atoms with E-state index in [1.54, 1.807) is 0 Å². The summed E-state index contributed by atoms with van der Waals surface area (Å²) in [5.74, 6) is 1.00. The summed E-state index contributed by atoms with van der Waals surface area (Å²) < 4.78 is 0. The van der Waals surface area contributed by atoms with Crippen LogP contribution in [0.5, 0.6) is 0 Å². The number of aryl methyl sites for hydroxylation is 2. The number of fused-ring (bicyclic) bond motifs is 1. The van der Waals surface area contributed by atoms with Gasteiger partial charge in [-0.05, 0) is 43.5 Å². The smallest absolute Gasteiger partial charge is 0.114 e. The summed E-state index contributed by atoms with van der Waals surface area (Å²) in [6.45, 7) is 9.16. The van der Waals surface area contributed by atoms with Crippen LogP contribution in [0.1, 0.15) is 37.2 Å². The van der Waals surface area contributed by atoms with Crippen molar-refractivity contribution in [2.24, 2.45) is 5.73 Å². The van der Waals surface area contributed by atoms with Crippen molar-refractivity contribution >= 4 is 11.0 Å². The number of hydrogen-bond donors (Lipinski definition) is 2. The first-order valence-corrected chi connectivity index (χ1v) is 6.17. The van der Waals surface area contributed by atoms with Gasteiger partial charge in [0.2, 0.25) is 0 Å². The third-order valence-electron chi connectivity index (χ3n) is 3.90. The average Bonchev–Trinajstić information content (AvgIpc) is 2.72. The Kier molecular flexibility index (Phi) is 2.96. The van der Waals surface area contributed by atoms with E-state index in [0.29, 0.717) is 6.54 Å². The van der Waals surface area contributed by atoms with Gasteiger partial charge in [-0.1, -0.05) is 13.8 Å². The number of nitrogens with zero attached hydrogens (tertiary/aromatic N) is 1. The predicted octanol–water partition coefficient (Wildman–Crippen LogP) is 2.81. The molecule has 3 heteroatoms. The van der Waals surface area contributed by atoms with Gasteiger partial charge >= 0.3 is 0 Å². The summed E-state index contributed by atoms with van der Waals surface area (Å²) in [7, 11) is 0. The molecule has 0 spiro atoms. The van der Waals surface area contributed by atoms with Crippen LogP contribution in [0.25, 0.3) is 11.0 Å². The molecule has 3 N–H and O–H groups in total. The third kappa shape index (κ3) is 1.95. The Bertz CT molecular complexity index is 497. The van der Waals surface area contributed by atoms with E-state index in [4.69, 9.17) is 10.7 Å². The topological polar surface area (TPSA) is 54.7 Å². The molecule has 0 amide bonds. The van der Waals surface area contributed by atoms with Gasteiger partial charge in [-0.2, -0.15) is 0 Å². The monoisotopic (exact) mass is 231 g/mol. The highest BCUT2D eigenvalue weighted by Crippen LogP contribution is 2.27. The second kappa shape index (κ2) is 4.15. The minimum absolute atomic E-state index is 0.0547. The quantitative estimate of drug-likeness (QED) is 0.853. The predicted molar refractivity (Wildman–Crippen MR) is 72.3 cm³/mol. The van der Waals surface area contributed by atoms with Crippen molar-refractivity contribution in [3.8, 4) is 0 Å². The molecule has 0 aliphatic heterocycles. The molecule has 0 aliphatic rings. The molecule has 92 valence electrons. The Labute approximate surface area is 102 Å². The van der Waals surface area contributed by atoms with Crippen LogP contribution < -0.4 is 5.73 Å². The van der Waals surface area contributed by atoms with Crippen molar-refractivity contribution in [1.82, 2.24) is 9.97 Å². The lowest BCUT2D eigenvalue weighted by Crippen LogP contribution is -2.32. The van der Waals surface area contributed by atoms with E-state index in [1.165, 1.54) is 11.1 Å². The normalized spacial score (nSPS) is 15.1. The molecule has 1 aromatic heterocycles. The second-order valence-electron chi connectivity index (χ2n) is 5.16. The van der Waals surface area contributed by atoms with E-state index in [0.717, 1.165) is 23.3 Å². The molecule has 2 rings (SSSR count). The van der Waals surface area contributed by atoms with Gasteiger partial charge in [0, 0.05) is 12.0 Å². The first kappa shape index (κ1) is 12.1. The van der Waals surface area contributed by atoms with E-state index in [-0.39, 0.29) is 5.41 Å². The lowest BCUT2D eigenvalue weighted by molar-refractivity contribution is 0.443. The van der Waals surface area contributed by atoms with E-state index < -0.39 is 0 Å². The summed E-state index contributed by atoms with van der Waals surface area (Å²) >= 11 is 0. The van der Waals surface area contributed by atoms with Gasteiger partial charge in [0.25, 0.3) is 0 Å². The number of rotatable bonds is 3. The van der Waals surface area contributed by atoms with Gasteiger partial charge in [-0.3, -0.25) is 0 Å². The highest BCUT2D eigenvalue weighted by Gasteiger charge is 2.26. The van der Waals surface area contributed by atoms with Crippen LogP contribution in [0, 0.1) is 13.8 Å². The Morgan fingerprint density at radius 3 is 2.53 bits per heavy atom. The highest BCUT2D eigenvalue weighted by molar-refractivity contribution is 5.77. The minimum atomic E-state index is -0.0547. The van der Waals surface area contributed by atoms with Gasteiger partial charge in [0.15, 0.2) is 0 Å². The SMILES string of the molecule is CCC(C)(CN)c1nc2cc(C)c(C)cc2[nH]1. The molecule has 0 saturated heterocycles. The summed E-state index contributed by atoms with van der Waals surface area (Å²) in [5.41, 5.74) is 10.5. The van der Waals surface area contributed by atoms with Crippen molar-refractivity contribution in [2.75, 3.05) is 6.54 Å². The van der Waals surface area contributed by atoms with Gasteiger partial charge in [0.1, 0.15) is 5.82 Å². The maximum atomic E-state index is 5.87. The lowest BCUT2D eigenvalue weighted by Gasteiger charge is -2.23. The molecule has 0 bridgehead atoms. The van der Waals surface area contributed by atoms with Crippen molar-refractivity contribution in [2.45, 2.75) is 39.5 Å². The molecule has 1 aromatic carbocycles. The van der Waals surface area contributed by atoms with Gasteiger partial charge < -0.3 is 10.7 Å². The van der Waals surface area contributed by atoms with Crippen LogP contribution in [0.15, 0.2) is 12.1 Å². The lowest BCUT2D eigenvalue weighted by atomic mass is 9.87. The molecular formula is C14H21N3. The first-order chi connectivity index (χ1) is 8.00. The van der Waals surface area contributed by atoms with Gasteiger partial charge in [-0.25, -0.2) is 4.98 Å².